The van der Waals surface area contributed by atoms with Crippen molar-refractivity contribution >= 4 is 0 Å². The Morgan fingerprint density at radius 2 is 1.75 bits per heavy atom. The second-order valence-corrected chi connectivity index (χ2v) is 3.32. The molecular weight excluding hydrogens is 169 g/mol. The van der Waals surface area contributed by atoms with Gasteiger partial charge in [0, 0.05) is 6.42 Å². The fourth-order valence-corrected chi connectivity index (χ4v) is 0.845. The minimum absolute atomic E-state index is 0.0167. The molecule has 4 heteroatoms. The van der Waals surface area contributed by atoms with Gasteiger partial charge in [-0.05, 0) is 18.8 Å². The van der Waals surface area contributed by atoms with E-state index < -0.39 is 18.7 Å². The predicted octanol–water partition coefficient (Wildman–Crippen LogP) is 2.74. The zero-order valence-electron chi connectivity index (χ0n) is 7.36. The Balaban J connectivity index is 3.44. The van der Waals surface area contributed by atoms with Crippen LogP contribution in [0.2, 0.25) is 0 Å². The Kier molecular flexibility index (Phi) is 4.60. The number of aliphatic hydroxyl groups excluding tert-OH is 1. The van der Waals surface area contributed by atoms with E-state index in [2.05, 4.69) is 0 Å². The van der Waals surface area contributed by atoms with Gasteiger partial charge in [0.2, 0.25) is 0 Å². The molecule has 1 unspecified atom stereocenters. The van der Waals surface area contributed by atoms with Crippen LogP contribution in [0.5, 0.6) is 0 Å². The van der Waals surface area contributed by atoms with Crippen LogP contribution in [0.4, 0.5) is 13.2 Å². The molecule has 0 aromatic rings. The molecule has 0 aliphatic heterocycles. The normalized spacial score (nSPS) is 15.2. The monoisotopic (exact) mass is 184 g/mol. The third-order valence-electron chi connectivity index (χ3n) is 1.73. The zero-order chi connectivity index (χ0) is 9.78. The molecule has 0 spiro atoms. The zero-order valence-corrected chi connectivity index (χ0v) is 7.36. The van der Waals surface area contributed by atoms with Gasteiger partial charge in [0.05, 0.1) is 6.10 Å². The lowest BCUT2D eigenvalue weighted by atomic mass is 10.0. The highest BCUT2D eigenvalue weighted by Gasteiger charge is 2.26. The Hall–Kier alpha value is -0.250. The second-order valence-electron chi connectivity index (χ2n) is 3.32. The highest BCUT2D eigenvalue weighted by Crippen LogP contribution is 2.23. The lowest BCUT2D eigenvalue weighted by Crippen LogP contribution is -2.16. The third kappa shape index (κ3) is 6.46. The van der Waals surface area contributed by atoms with E-state index in [1.165, 1.54) is 0 Å². The van der Waals surface area contributed by atoms with Crippen molar-refractivity contribution < 1.29 is 18.3 Å². The fraction of sp³-hybridized carbons (Fsp3) is 1.00. The highest BCUT2D eigenvalue weighted by atomic mass is 19.4. The van der Waals surface area contributed by atoms with Crippen molar-refractivity contribution in [3.63, 3.8) is 0 Å². The van der Waals surface area contributed by atoms with Crippen molar-refractivity contribution in [2.75, 3.05) is 0 Å². The van der Waals surface area contributed by atoms with Crippen LogP contribution in [-0.2, 0) is 0 Å². The summed E-state index contributed by atoms with van der Waals surface area (Å²) < 4.78 is 34.9. The predicted molar refractivity (Wildman–Crippen MR) is 40.8 cm³/mol. The maximum absolute atomic E-state index is 11.6. The van der Waals surface area contributed by atoms with E-state index in [9.17, 15) is 13.2 Å². The molecule has 0 heterocycles. The molecule has 0 amide bonds. The molecule has 0 saturated heterocycles. The van der Waals surface area contributed by atoms with Crippen molar-refractivity contribution in [1.29, 1.82) is 0 Å². The van der Waals surface area contributed by atoms with Gasteiger partial charge in [-0.3, -0.25) is 0 Å². The topological polar surface area (TPSA) is 20.2 Å². The van der Waals surface area contributed by atoms with E-state index >= 15 is 0 Å². The molecule has 0 saturated carbocycles. The third-order valence-corrected chi connectivity index (χ3v) is 1.73. The first-order valence-corrected chi connectivity index (χ1v) is 4.07. The molecule has 1 N–H and O–H groups in total. The minimum Gasteiger partial charge on any atom is -0.393 e. The van der Waals surface area contributed by atoms with Gasteiger partial charge in [0.15, 0.2) is 0 Å². The molecule has 0 bridgehead atoms. The van der Waals surface area contributed by atoms with Crippen LogP contribution in [0.25, 0.3) is 0 Å². The Morgan fingerprint density at radius 3 is 2.08 bits per heavy atom. The van der Waals surface area contributed by atoms with Crippen LogP contribution < -0.4 is 0 Å². The van der Waals surface area contributed by atoms with Crippen molar-refractivity contribution in [3.8, 4) is 0 Å². The van der Waals surface area contributed by atoms with E-state index in [-0.39, 0.29) is 18.8 Å². The van der Waals surface area contributed by atoms with Gasteiger partial charge in [0.1, 0.15) is 0 Å². The van der Waals surface area contributed by atoms with Crippen LogP contribution in [0, 0.1) is 5.92 Å². The molecule has 0 aliphatic rings. The number of aliphatic hydroxyl groups is 1. The van der Waals surface area contributed by atoms with Crippen LogP contribution >= 0.6 is 0 Å². The van der Waals surface area contributed by atoms with Crippen LogP contribution in [0.1, 0.15) is 33.1 Å². The molecule has 0 fully saturated rings. The molecule has 1 nitrogen and oxygen atoms in total. The Morgan fingerprint density at radius 1 is 1.25 bits per heavy atom. The maximum atomic E-state index is 11.6. The molecule has 0 radical (unpaired) electrons. The summed E-state index contributed by atoms with van der Waals surface area (Å²) in [6.45, 7) is 3.58. The highest BCUT2D eigenvalue weighted by molar-refractivity contribution is 4.61. The lowest BCUT2D eigenvalue weighted by Gasteiger charge is -2.14. The molecular formula is C8H15F3O. The van der Waals surface area contributed by atoms with E-state index in [1.807, 2.05) is 0 Å². The molecule has 12 heavy (non-hydrogen) atoms. The molecule has 1 atom stereocenters. The van der Waals surface area contributed by atoms with Crippen LogP contribution in [0.3, 0.4) is 0 Å². The van der Waals surface area contributed by atoms with Crippen molar-refractivity contribution in [1.82, 2.24) is 0 Å². The first-order valence-electron chi connectivity index (χ1n) is 4.07. The number of halogens is 3. The summed E-state index contributed by atoms with van der Waals surface area (Å²) >= 11 is 0. The summed E-state index contributed by atoms with van der Waals surface area (Å²) in [7, 11) is 0. The Labute approximate surface area is 70.6 Å². The Bertz CT molecular complexity index is 120. The smallest absolute Gasteiger partial charge is 0.389 e. The van der Waals surface area contributed by atoms with Gasteiger partial charge < -0.3 is 5.11 Å². The quantitative estimate of drug-likeness (QED) is 0.712. The summed E-state index contributed by atoms with van der Waals surface area (Å²) in [4.78, 5) is 0. The summed E-state index contributed by atoms with van der Waals surface area (Å²) in [5, 5.41) is 9.16. The SMILES string of the molecule is CC(C)C(O)CCCC(F)(F)F. The number of rotatable bonds is 4. The van der Waals surface area contributed by atoms with E-state index in [4.69, 9.17) is 5.11 Å². The van der Waals surface area contributed by atoms with Crippen molar-refractivity contribution in [2.45, 2.75) is 45.4 Å². The van der Waals surface area contributed by atoms with Gasteiger partial charge >= 0.3 is 6.18 Å². The molecule has 0 rings (SSSR count). The van der Waals surface area contributed by atoms with Gasteiger partial charge in [-0.2, -0.15) is 13.2 Å². The van der Waals surface area contributed by atoms with Gasteiger partial charge in [-0.25, -0.2) is 0 Å². The van der Waals surface area contributed by atoms with Gasteiger partial charge in [-0.1, -0.05) is 13.8 Å². The number of alkyl halides is 3. The largest absolute Gasteiger partial charge is 0.393 e. The average molecular weight is 184 g/mol. The molecule has 0 aromatic carbocycles. The van der Waals surface area contributed by atoms with Gasteiger partial charge in [-0.15, -0.1) is 0 Å². The lowest BCUT2D eigenvalue weighted by molar-refractivity contribution is -0.136. The molecule has 74 valence electrons. The summed E-state index contributed by atoms with van der Waals surface area (Å²) in [5.74, 6) is 0.0400. The van der Waals surface area contributed by atoms with Crippen molar-refractivity contribution in [3.05, 3.63) is 0 Å². The second kappa shape index (κ2) is 4.70. The molecule has 0 aromatic heterocycles. The number of hydrogen-bond acceptors (Lipinski definition) is 1. The summed E-state index contributed by atoms with van der Waals surface area (Å²) in [6, 6.07) is 0. The van der Waals surface area contributed by atoms with Gasteiger partial charge in [0.25, 0.3) is 0 Å². The first kappa shape index (κ1) is 11.8. The fourth-order valence-electron chi connectivity index (χ4n) is 0.845. The van der Waals surface area contributed by atoms with E-state index in [1.54, 1.807) is 13.8 Å². The van der Waals surface area contributed by atoms with Crippen LogP contribution in [-0.4, -0.2) is 17.4 Å². The average Bonchev–Trinajstić information content (AvgIpc) is 1.84. The maximum Gasteiger partial charge on any atom is 0.389 e. The first-order chi connectivity index (χ1) is 5.33. The van der Waals surface area contributed by atoms with E-state index in [0.29, 0.717) is 0 Å². The number of hydrogen-bond donors (Lipinski definition) is 1. The summed E-state index contributed by atoms with van der Waals surface area (Å²) in [5.41, 5.74) is 0. The molecule has 0 aliphatic carbocycles. The summed E-state index contributed by atoms with van der Waals surface area (Å²) in [6.07, 6.45) is -5.24. The standard InChI is InChI=1S/C8H15F3O/c1-6(2)7(12)4-3-5-8(9,10)11/h6-7,12H,3-5H2,1-2H3. The minimum atomic E-state index is -4.09. The van der Waals surface area contributed by atoms with Crippen molar-refractivity contribution in [2.24, 2.45) is 5.92 Å². The van der Waals surface area contributed by atoms with E-state index in [0.717, 1.165) is 0 Å². The van der Waals surface area contributed by atoms with Crippen LogP contribution in [0.15, 0.2) is 0 Å².